The Morgan fingerprint density at radius 1 is 1.17 bits per heavy atom. The van der Waals surface area contributed by atoms with Gasteiger partial charge in [0, 0.05) is 6.42 Å². The zero-order valence-corrected chi connectivity index (χ0v) is 18.7. The van der Waals surface area contributed by atoms with Gasteiger partial charge in [0.2, 0.25) is 18.2 Å². The van der Waals surface area contributed by atoms with Crippen molar-refractivity contribution >= 4 is 36.8 Å². The molecule has 9 heteroatoms. The lowest BCUT2D eigenvalue weighted by Crippen LogP contribution is -2.64. The second-order valence-corrected chi connectivity index (χ2v) is 7.88. The molecule has 3 atom stereocenters. The van der Waals surface area contributed by atoms with Crippen LogP contribution in [0.2, 0.25) is 0 Å². The normalized spacial score (nSPS) is 14.7. The van der Waals surface area contributed by atoms with Crippen molar-refractivity contribution in [1.29, 1.82) is 0 Å². The minimum absolute atomic E-state index is 0.246. The minimum Gasteiger partial charge on any atom is -0.467 e. The van der Waals surface area contributed by atoms with Crippen LogP contribution in [0.15, 0.2) is 30.3 Å². The zero-order chi connectivity index (χ0) is 22.7. The molecule has 0 unspecified atom stereocenters. The van der Waals surface area contributed by atoms with Crippen molar-refractivity contribution in [3.63, 3.8) is 0 Å². The van der Waals surface area contributed by atoms with Crippen molar-refractivity contribution < 1.29 is 23.9 Å². The van der Waals surface area contributed by atoms with Crippen LogP contribution < -0.4 is 16.0 Å². The maximum absolute atomic E-state index is 13.2. The number of thiol groups is 1. The molecule has 1 aromatic carbocycles. The smallest absolute Gasteiger partial charge is 0.328 e. The number of esters is 1. The number of nitrogens with one attached hydrogen (secondary N) is 3. The molecule has 0 heterocycles. The summed E-state index contributed by atoms with van der Waals surface area (Å²) < 4.78 is 4.84. The molecular weight excluding hydrogens is 406 g/mol. The number of hydrogen-bond donors (Lipinski definition) is 4. The van der Waals surface area contributed by atoms with Gasteiger partial charge < -0.3 is 20.7 Å². The van der Waals surface area contributed by atoms with E-state index in [1.54, 1.807) is 20.8 Å². The summed E-state index contributed by atoms with van der Waals surface area (Å²) in [6.45, 7) is 5.15. The maximum Gasteiger partial charge on any atom is 0.328 e. The van der Waals surface area contributed by atoms with Gasteiger partial charge in [-0.15, -0.1) is 0 Å². The maximum atomic E-state index is 13.2. The number of hydrogen-bond acceptors (Lipinski definition) is 6. The first-order valence-electron chi connectivity index (χ1n) is 9.74. The highest BCUT2D eigenvalue weighted by atomic mass is 32.1. The fraction of sp³-hybridized carbons (Fsp3) is 0.524. The van der Waals surface area contributed by atoms with Crippen LogP contribution in [0.3, 0.4) is 0 Å². The van der Waals surface area contributed by atoms with Gasteiger partial charge in [0.15, 0.2) is 0 Å². The molecule has 1 rings (SSSR count). The van der Waals surface area contributed by atoms with Gasteiger partial charge in [-0.3, -0.25) is 14.4 Å². The number of amides is 3. The molecule has 0 bridgehead atoms. The molecule has 0 saturated carbocycles. The highest BCUT2D eigenvalue weighted by molar-refractivity contribution is 7.80. The Labute approximate surface area is 182 Å². The number of methoxy groups -OCH3 is 1. The van der Waals surface area contributed by atoms with Crippen molar-refractivity contribution in [3.8, 4) is 0 Å². The van der Waals surface area contributed by atoms with E-state index in [-0.39, 0.29) is 12.3 Å². The average Bonchev–Trinajstić information content (AvgIpc) is 2.72. The summed E-state index contributed by atoms with van der Waals surface area (Å²) in [7, 11) is 1.25. The first-order valence-corrected chi connectivity index (χ1v) is 10.4. The van der Waals surface area contributed by atoms with E-state index in [1.807, 2.05) is 30.3 Å². The number of ether oxygens (including phenoxy) is 1. The molecule has 0 aromatic heterocycles. The van der Waals surface area contributed by atoms with Gasteiger partial charge in [-0.1, -0.05) is 44.2 Å². The molecule has 166 valence electrons. The largest absolute Gasteiger partial charge is 0.467 e. The fourth-order valence-corrected chi connectivity index (χ4v) is 3.06. The molecule has 3 amide bonds. The van der Waals surface area contributed by atoms with Crippen LogP contribution in [0, 0.1) is 5.92 Å². The highest BCUT2D eigenvalue weighted by Crippen LogP contribution is 2.18. The van der Waals surface area contributed by atoms with E-state index in [2.05, 4.69) is 28.6 Å². The van der Waals surface area contributed by atoms with Gasteiger partial charge in [0.1, 0.15) is 17.6 Å². The third kappa shape index (κ3) is 7.05. The van der Waals surface area contributed by atoms with Gasteiger partial charge in [0.25, 0.3) is 0 Å². The van der Waals surface area contributed by atoms with E-state index >= 15 is 0 Å². The number of carbonyl (C=O) groups excluding carboxylic acids is 4. The SMILES string of the molecule is COC(=O)[C@H](Cc1ccccc1)NC(=O)[C@@](C)(NC(=O)[C@H](CCS)NC=O)C(C)C. The van der Waals surface area contributed by atoms with Crippen LogP contribution in [-0.4, -0.2) is 54.7 Å². The summed E-state index contributed by atoms with van der Waals surface area (Å²) in [4.78, 5) is 48.9. The molecule has 3 N–H and O–H groups in total. The van der Waals surface area contributed by atoms with Crippen LogP contribution in [0.25, 0.3) is 0 Å². The first-order chi connectivity index (χ1) is 14.2. The topological polar surface area (TPSA) is 114 Å². The van der Waals surface area contributed by atoms with Crippen molar-refractivity contribution in [1.82, 2.24) is 16.0 Å². The molecule has 0 aliphatic rings. The minimum atomic E-state index is -1.32. The summed E-state index contributed by atoms with van der Waals surface area (Å²) in [5, 5.41) is 7.88. The third-order valence-electron chi connectivity index (χ3n) is 5.09. The van der Waals surface area contributed by atoms with E-state index in [0.29, 0.717) is 18.6 Å². The van der Waals surface area contributed by atoms with Gasteiger partial charge in [-0.25, -0.2) is 4.79 Å². The number of carbonyl (C=O) groups is 4. The Balaban J connectivity index is 3.04. The van der Waals surface area contributed by atoms with Gasteiger partial charge in [-0.2, -0.15) is 12.6 Å². The second kappa shape index (κ2) is 12.2. The van der Waals surface area contributed by atoms with E-state index in [9.17, 15) is 19.2 Å². The molecule has 0 spiro atoms. The van der Waals surface area contributed by atoms with Gasteiger partial charge in [-0.05, 0) is 30.6 Å². The van der Waals surface area contributed by atoms with E-state index < -0.39 is 35.4 Å². The van der Waals surface area contributed by atoms with Crippen LogP contribution in [0.5, 0.6) is 0 Å². The molecular formula is C21H31N3O5S. The Morgan fingerprint density at radius 2 is 1.80 bits per heavy atom. The summed E-state index contributed by atoms with van der Waals surface area (Å²) in [5.41, 5.74) is -0.466. The zero-order valence-electron chi connectivity index (χ0n) is 17.8. The Kier molecular flexibility index (Phi) is 10.4. The van der Waals surface area contributed by atoms with Crippen molar-refractivity contribution in [2.75, 3.05) is 12.9 Å². The monoisotopic (exact) mass is 437 g/mol. The summed E-state index contributed by atoms with van der Waals surface area (Å²) in [6, 6.07) is 7.50. The van der Waals surface area contributed by atoms with E-state index in [1.165, 1.54) is 7.11 Å². The Bertz CT molecular complexity index is 729. The average molecular weight is 438 g/mol. The second-order valence-electron chi connectivity index (χ2n) is 7.43. The van der Waals surface area contributed by atoms with Gasteiger partial charge in [0.05, 0.1) is 7.11 Å². The molecule has 0 fully saturated rings. The molecule has 0 saturated heterocycles. The number of benzene rings is 1. The van der Waals surface area contributed by atoms with Crippen LogP contribution in [-0.2, 0) is 30.3 Å². The standard InChI is InChI=1S/C21H31N3O5S/c1-14(2)21(3,24-18(26)16(10-11-30)22-13-25)20(28)23-17(19(27)29-4)12-15-8-6-5-7-9-15/h5-9,13-14,16-17,30H,10-12H2,1-4H3,(H,22,25)(H,23,28)(H,24,26)/t16-,17-,21-/m0/s1. The van der Waals surface area contributed by atoms with Crippen LogP contribution in [0.4, 0.5) is 0 Å². The first kappa shape index (κ1) is 25.5. The molecule has 8 nitrogen and oxygen atoms in total. The summed E-state index contributed by atoms with van der Waals surface area (Å²) in [6.07, 6.45) is 0.992. The van der Waals surface area contributed by atoms with Crippen LogP contribution in [0.1, 0.15) is 32.8 Å². The van der Waals surface area contributed by atoms with Crippen molar-refractivity contribution in [3.05, 3.63) is 35.9 Å². The number of rotatable bonds is 12. The fourth-order valence-electron chi connectivity index (χ4n) is 2.80. The van der Waals surface area contributed by atoms with Gasteiger partial charge >= 0.3 is 5.97 Å². The summed E-state index contributed by atoms with van der Waals surface area (Å²) in [5.74, 6) is -1.52. The Hall–Kier alpha value is -2.55. The third-order valence-corrected chi connectivity index (χ3v) is 5.34. The molecule has 0 radical (unpaired) electrons. The predicted molar refractivity (Wildman–Crippen MR) is 117 cm³/mol. The Morgan fingerprint density at radius 3 is 2.30 bits per heavy atom. The predicted octanol–water partition coefficient (Wildman–Crippen LogP) is 0.852. The molecule has 1 aromatic rings. The summed E-state index contributed by atoms with van der Waals surface area (Å²) >= 11 is 4.10. The lowest BCUT2D eigenvalue weighted by Gasteiger charge is -2.35. The lowest BCUT2D eigenvalue weighted by atomic mass is 9.86. The molecule has 0 aliphatic heterocycles. The van der Waals surface area contributed by atoms with E-state index in [0.717, 1.165) is 5.56 Å². The molecule has 30 heavy (non-hydrogen) atoms. The van der Waals surface area contributed by atoms with Crippen molar-refractivity contribution in [2.24, 2.45) is 5.92 Å². The highest BCUT2D eigenvalue weighted by Gasteiger charge is 2.41. The van der Waals surface area contributed by atoms with Crippen LogP contribution >= 0.6 is 12.6 Å². The lowest BCUT2D eigenvalue weighted by molar-refractivity contribution is -0.146. The molecule has 0 aliphatic carbocycles. The van der Waals surface area contributed by atoms with Crippen molar-refractivity contribution in [2.45, 2.75) is 51.2 Å². The quantitative estimate of drug-likeness (QED) is 0.220. The van der Waals surface area contributed by atoms with E-state index in [4.69, 9.17) is 4.74 Å².